The molecule has 0 saturated carbocycles. The number of rotatable bonds is 4. The molecule has 0 spiro atoms. The van der Waals surface area contributed by atoms with E-state index >= 15 is 0 Å². The van der Waals surface area contributed by atoms with E-state index in [1.807, 2.05) is 24.3 Å². The summed E-state index contributed by atoms with van der Waals surface area (Å²) in [5, 5.41) is 82.3. The number of carboxylic acids is 4. The maximum absolute atomic E-state index is 11.0. The predicted molar refractivity (Wildman–Crippen MR) is 285 cm³/mol. The molecule has 0 bridgehead atoms. The quantitative estimate of drug-likeness (QED) is 0.0940. The molecule has 0 aliphatic heterocycles. The summed E-state index contributed by atoms with van der Waals surface area (Å²) in [6, 6.07) is 33.4. The van der Waals surface area contributed by atoms with Crippen molar-refractivity contribution in [3.05, 3.63) is 209 Å². The summed E-state index contributed by atoms with van der Waals surface area (Å²) in [4.78, 5) is 58.9. The first-order valence-electron chi connectivity index (χ1n) is 20.7. The molecule has 2 radical (unpaired) electrons. The second-order valence-corrected chi connectivity index (χ2v) is 18.1. The van der Waals surface area contributed by atoms with Crippen LogP contribution in [0.1, 0.15) is 41.4 Å². The Morgan fingerprint density at radius 1 is 0.372 bits per heavy atom. The maximum Gasteiger partial charge on any atom is 2.00 e. The average molecular weight is 1310 g/mol. The third kappa shape index (κ3) is 17.7. The first-order chi connectivity index (χ1) is 36.0. The van der Waals surface area contributed by atoms with E-state index < -0.39 is 58.0 Å². The molecule has 4 aromatic heterocycles. The third-order valence-electron chi connectivity index (χ3n) is 9.66. The number of phenols is 2. The van der Waals surface area contributed by atoms with Crippen LogP contribution < -0.4 is 20.4 Å². The van der Waals surface area contributed by atoms with Crippen LogP contribution in [0.2, 0.25) is 40.2 Å². The molecular weight excluding hydrogens is 1280 g/mol. The van der Waals surface area contributed by atoms with Crippen molar-refractivity contribution in [1.82, 2.24) is 19.9 Å². The molecule has 26 heteroatoms. The normalized spacial score (nSPS) is 9.95. The number of aromatic hydroxyl groups is 2. The minimum absolute atomic E-state index is 0. The summed E-state index contributed by atoms with van der Waals surface area (Å²) < 4.78 is 0. The summed E-state index contributed by atoms with van der Waals surface area (Å²) in [5.74, 6) is -8.17. The number of carbonyl (C=O) groups excluding carboxylic acids is 2. The molecule has 4 heterocycles. The van der Waals surface area contributed by atoms with Gasteiger partial charge in [-0.2, -0.15) is 0 Å². The van der Waals surface area contributed by atoms with E-state index in [1.54, 1.807) is 24.8 Å². The molecule has 0 fully saturated rings. The van der Waals surface area contributed by atoms with Gasteiger partial charge in [-0.3, -0.25) is 19.9 Å². The molecule has 10 rings (SSSR count). The number of halogens is 8. The van der Waals surface area contributed by atoms with Crippen molar-refractivity contribution in [2.75, 3.05) is 0 Å². The van der Waals surface area contributed by atoms with Gasteiger partial charge in [0.15, 0.2) is 0 Å². The second-order valence-electron chi connectivity index (χ2n) is 14.7. The molecule has 406 valence electrons. The first kappa shape index (κ1) is 65.7. The van der Waals surface area contributed by atoms with Gasteiger partial charge in [-0.05, 0) is 83.9 Å². The first-order valence-corrected chi connectivity index (χ1v) is 23.8. The van der Waals surface area contributed by atoms with Crippen molar-refractivity contribution in [2.45, 2.75) is 0 Å². The van der Waals surface area contributed by atoms with Crippen LogP contribution in [0.4, 0.5) is 0 Å². The minimum Gasteiger partial charge on any atom is -0.871 e. The smallest absolute Gasteiger partial charge is 0.871 e. The largest absolute Gasteiger partial charge is 2.00 e. The number of nitrogens with zero attached hydrogens (tertiary/aromatic N) is 4. The van der Waals surface area contributed by atoms with Crippen LogP contribution in [-0.4, -0.2) is 64.2 Å². The Morgan fingerprint density at radius 3 is 0.833 bits per heavy atom. The number of hydrogen-bond donors (Lipinski definition) is 4. The summed E-state index contributed by atoms with van der Waals surface area (Å²) in [6.45, 7) is 0. The molecule has 0 saturated heterocycles. The number of hydrogen-bond acceptors (Lipinski definition) is 14. The second kappa shape index (κ2) is 30.5. The van der Waals surface area contributed by atoms with Crippen LogP contribution >= 0.6 is 92.8 Å². The van der Waals surface area contributed by atoms with E-state index in [9.17, 15) is 39.6 Å². The zero-order chi connectivity index (χ0) is 56.0. The number of pyridine rings is 4. The van der Waals surface area contributed by atoms with Gasteiger partial charge in [0.25, 0.3) is 0 Å². The van der Waals surface area contributed by atoms with Crippen molar-refractivity contribution in [3.63, 3.8) is 0 Å². The fourth-order valence-corrected chi connectivity index (χ4v) is 8.22. The monoisotopic (exact) mass is 1310 g/mol. The molecule has 4 N–H and O–H groups in total. The fraction of sp³-hybridized carbons (Fsp3) is 0. The number of aromatic carboxylic acids is 4. The number of aromatic nitrogens is 4. The van der Waals surface area contributed by atoms with Gasteiger partial charge in [-0.15, -0.1) is 0 Å². The van der Waals surface area contributed by atoms with Crippen molar-refractivity contribution in [3.8, 4) is 23.0 Å². The van der Waals surface area contributed by atoms with Crippen LogP contribution in [0.5, 0.6) is 23.0 Å². The van der Waals surface area contributed by atoms with Gasteiger partial charge >= 0.3 is 46.1 Å². The van der Waals surface area contributed by atoms with E-state index in [2.05, 4.69) is 68.5 Å². The topological polar surface area (TPSA) is 293 Å². The van der Waals surface area contributed by atoms with E-state index in [4.69, 9.17) is 113 Å². The summed E-state index contributed by atoms with van der Waals surface area (Å²) in [6.07, 6.45) is 7.21. The standard InChI is InChI=1S/2C12H8N2.4C7H4Cl2O3.2Cu/c2*1-3-9-5-6-10-4-2-8-14-12(10)11(9)13-7-1;4*8-3-1-4(7(11)12)6(10)5(9)2-3;;/h2*1-8H;4*1-2,10H,(H,11,12);;/q;;;;;;2*+2/p-4. The summed E-state index contributed by atoms with van der Waals surface area (Å²) in [5.41, 5.74) is 2.27. The van der Waals surface area contributed by atoms with Crippen LogP contribution in [0, 0.1) is 0 Å². The molecule has 10 aromatic rings. The number of fused-ring (bicyclic) bond motifs is 6. The van der Waals surface area contributed by atoms with Crippen LogP contribution in [0.3, 0.4) is 0 Å². The Morgan fingerprint density at radius 2 is 0.603 bits per heavy atom. The molecular formula is C52H28Cl8Cu2N4O12. The Labute approximate surface area is 501 Å². The van der Waals surface area contributed by atoms with E-state index in [1.165, 1.54) is 24.3 Å². The van der Waals surface area contributed by atoms with Crippen molar-refractivity contribution in [2.24, 2.45) is 0 Å². The van der Waals surface area contributed by atoms with Gasteiger partial charge in [0, 0.05) is 76.5 Å². The Kier molecular flexibility index (Phi) is 25.7. The van der Waals surface area contributed by atoms with Crippen LogP contribution in [-0.2, 0) is 34.1 Å². The minimum atomic E-state index is -1.58. The van der Waals surface area contributed by atoms with Gasteiger partial charge in [0.1, 0.15) is 22.6 Å². The maximum atomic E-state index is 11.0. The number of benzene rings is 6. The van der Waals surface area contributed by atoms with Crippen LogP contribution in [0.15, 0.2) is 146 Å². The van der Waals surface area contributed by atoms with Gasteiger partial charge in [0.05, 0.1) is 44.1 Å². The molecule has 78 heavy (non-hydrogen) atoms. The predicted octanol–water partition coefficient (Wildman–Crippen LogP) is 11.2. The van der Waals surface area contributed by atoms with Gasteiger partial charge < -0.3 is 50.4 Å². The van der Waals surface area contributed by atoms with Gasteiger partial charge in [-0.25, -0.2) is 9.59 Å². The van der Waals surface area contributed by atoms with Gasteiger partial charge in [0.2, 0.25) is 0 Å². The molecule has 6 aromatic carbocycles. The molecule has 0 unspecified atom stereocenters. The zero-order valence-corrected chi connectivity index (χ0v) is 46.3. The molecule has 0 atom stereocenters. The number of carboxylic acid groups (broad SMARTS) is 4. The third-order valence-corrected chi connectivity index (χ3v) is 11.7. The van der Waals surface area contributed by atoms with Crippen molar-refractivity contribution >= 4 is 160 Å². The molecule has 0 aliphatic rings. The van der Waals surface area contributed by atoms with E-state index in [0.717, 1.165) is 67.9 Å². The molecule has 0 aliphatic carbocycles. The average Bonchev–Trinajstić information content (AvgIpc) is 3.39. The van der Waals surface area contributed by atoms with Crippen molar-refractivity contribution in [1.29, 1.82) is 0 Å². The Balaban J connectivity index is 0.000000245. The Hall–Kier alpha value is -6.60. The van der Waals surface area contributed by atoms with E-state index in [0.29, 0.717) is 0 Å². The summed E-state index contributed by atoms with van der Waals surface area (Å²) >= 11 is 43.6. The Bertz CT molecular complexity index is 3340. The molecule has 16 nitrogen and oxygen atoms in total. The van der Waals surface area contributed by atoms with E-state index in [-0.39, 0.29) is 85.4 Å². The van der Waals surface area contributed by atoms with Crippen LogP contribution in [0.25, 0.3) is 43.6 Å². The van der Waals surface area contributed by atoms with Crippen molar-refractivity contribution < 1.29 is 94.2 Å². The summed E-state index contributed by atoms with van der Waals surface area (Å²) in [7, 11) is 0. The fourth-order valence-electron chi connectivity index (χ4n) is 6.24. The SMILES string of the molecule is O=C(O)c1cc(Cl)cc(Cl)c1O.O=C(O)c1cc(Cl)cc(Cl)c1O.O=C([O-])c1cc(Cl)cc(Cl)c1[O-].O=C([O-])c1cc(Cl)cc(Cl)c1[O-].[Cu+2].[Cu+2].c1cnc2c(c1)ccc1cccnc12.c1cnc2c(c1)ccc1cccnc12. The number of carbonyl (C=O) groups is 4. The van der Waals surface area contributed by atoms with Gasteiger partial charge in [-0.1, -0.05) is 153 Å². The molecule has 0 amide bonds. The zero-order valence-electron chi connectivity index (χ0n) is 38.3.